The van der Waals surface area contributed by atoms with Gasteiger partial charge in [-0.05, 0) is 43.0 Å². The first kappa shape index (κ1) is 22.2. The van der Waals surface area contributed by atoms with Crippen LogP contribution in [-0.4, -0.2) is 50.1 Å². The van der Waals surface area contributed by atoms with Crippen molar-refractivity contribution in [3.05, 3.63) is 29.8 Å². The van der Waals surface area contributed by atoms with E-state index in [0.717, 1.165) is 25.7 Å². The normalized spacial score (nSPS) is 18.3. The molecule has 3 N–H and O–H groups in total. The lowest BCUT2D eigenvalue weighted by Gasteiger charge is -2.29. The molecule has 9 heteroatoms. The van der Waals surface area contributed by atoms with Crippen LogP contribution in [-0.2, 0) is 14.3 Å². The maximum atomic E-state index is 12.0. The summed E-state index contributed by atoms with van der Waals surface area (Å²) >= 11 is 0. The van der Waals surface area contributed by atoms with Crippen LogP contribution in [0.1, 0.15) is 43.0 Å². The number of nitrogens with one attached hydrogen (secondary N) is 3. The molecule has 158 valence electrons. The Bertz CT molecular complexity index is 734. The van der Waals surface area contributed by atoms with E-state index < -0.39 is 37.0 Å². The summed E-state index contributed by atoms with van der Waals surface area (Å²) in [5.41, 5.74) is 0.352. The van der Waals surface area contributed by atoms with Crippen LogP contribution in [0, 0.1) is 5.92 Å². The molecule has 0 aliphatic heterocycles. The highest BCUT2D eigenvalue weighted by molar-refractivity contribution is 5.97. The fourth-order valence-corrected chi connectivity index (χ4v) is 3.09. The standard InChI is InChI=1S/C20H27N3O6/c1-13-5-3-4-6-16(13)22-20(27)23-17(24)12-29-18(25)11-21-19(26)14-7-9-15(28-2)10-8-14/h7-10,13,16H,3-6,11-12H2,1-2H3,(H,21,26)(H2,22,23,24,27)/t13-,16-/m0/s1. The van der Waals surface area contributed by atoms with E-state index in [1.165, 1.54) is 7.11 Å². The fourth-order valence-electron chi connectivity index (χ4n) is 3.09. The van der Waals surface area contributed by atoms with E-state index in [-0.39, 0.29) is 6.04 Å². The molecule has 0 heterocycles. The number of rotatable bonds is 7. The van der Waals surface area contributed by atoms with Crippen LogP contribution in [0.25, 0.3) is 0 Å². The van der Waals surface area contributed by atoms with E-state index >= 15 is 0 Å². The molecule has 1 aromatic carbocycles. The van der Waals surface area contributed by atoms with Crippen LogP contribution in [0.15, 0.2) is 24.3 Å². The average Bonchev–Trinajstić information content (AvgIpc) is 2.72. The highest BCUT2D eigenvalue weighted by Gasteiger charge is 2.23. The molecule has 1 fully saturated rings. The Kier molecular flexibility index (Phi) is 8.45. The van der Waals surface area contributed by atoms with Gasteiger partial charge in [0.15, 0.2) is 6.61 Å². The molecule has 9 nitrogen and oxygen atoms in total. The van der Waals surface area contributed by atoms with E-state index in [9.17, 15) is 19.2 Å². The third-order valence-electron chi connectivity index (χ3n) is 4.79. The van der Waals surface area contributed by atoms with Crippen molar-refractivity contribution in [3.8, 4) is 5.75 Å². The van der Waals surface area contributed by atoms with Gasteiger partial charge in [0.25, 0.3) is 11.8 Å². The Morgan fingerprint density at radius 2 is 1.76 bits per heavy atom. The van der Waals surface area contributed by atoms with E-state index in [1.807, 2.05) is 0 Å². The minimum Gasteiger partial charge on any atom is -0.497 e. The predicted octanol–water partition coefficient (Wildman–Crippen LogP) is 1.37. The van der Waals surface area contributed by atoms with Gasteiger partial charge in [-0.1, -0.05) is 19.8 Å². The number of carbonyl (C=O) groups is 4. The van der Waals surface area contributed by atoms with Crippen molar-refractivity contribution in [1.82, 2.24) is 16.0 Å². The first-order chi connectivity index (χ1) is 13.9. The van der Waals surface area contributed by atoms with E-state index in [4.69, 9.17) is 9.47 Å². The van der Waals surface area contributed by atoms with Crippen LogP contribution in [0.4, 0.5) is 4.79 Å². The minimum absolute atomic E-state index is 0.0345. The number of ether oxygens (including phenoxy) is 2. The molecule has 1 aliphatic carbocycles. The maximum Gasteiger partial charge on any atom is 0.325 e. The van der Waals surface area contributed by atoms with Crippen LogP contribution in [0.3, 0.4) is 0 Å². The van der Waals surface area contributed by atoms with Gasteiger partial charge in [-0.15, -0.1) is 0 Å². The second kappa shape index (κ2) is 11.0. The summed E-state index contributed by atoms with van der Waals surface area (Å²) < 4.78 is 9.78. The number of methoxy groups -OCH3 is 1. The number of imide groups is 1. The Balaban J connectivity index is 1.65. The lowest BCUT2D eigenvalue weighted by molar-refractivity contribution is -0.147. The van der Waals surface area contributed by atoms with Gasteiger partial charge in [0, 0.05) is 11.6 Å². The smallest absolute Gasteiger partial charge is 0.325 e. The molecule has 0 unspecified atom stereocenters. The first-order valence-corrected chi connectivity index (χ1v) is 9.57. The van der Waals surface area contributed by atoms with Gasteiger partial charge in [-0.2, -0.15) is 0 Å². The zero-order valence-electron chi connectivity index (χ0n) is 16.7. The van der Waals surface area contributed by atoms with Crippen molar-refractivity contribution < 1.29 is 28.7 Å². The molecule has 1 saturated carbocycles. The molecule has 0 bridgehead atoms. The fraction of sp³-hybridized carbons (Fsp3) is 0.500. The minimum atomic E-state index is -0.789. The van der Waals surface area contributed by atoms with Crippen molar-refractivity contribution in [1.29, 1.82) is 0 Å². The summed E-state index contributed by atoms with van der Waals surface area (Å²) in [4.78, 5) is 47.3. The van der Waals surface area contributed by atoms with Crippen LogP contribution < -0.4 is 20.7 Å². The molecule has 4 amide bonds. The summed E-state index contributed by atoms with van der Waals surface area (Å²) in [7, 11) is 1.52. The molecule has 29 heavy (non-hydrogen) atoms. The van der Waals surface area contributed by atoms with Gasteiger partial charge >= 0.3 is 12.0 Å². The van der Waals surface area contributed by atoms with Gasteiger partial charge in [0.05, 0.1) is 7.11 Å². The van der Waals surface area contributed by atoms with Crippen LogP contribution in [0.5, 0.6) is 5.75 Å². The Morgan fingerprint density at radius 1 is 1.07 bits per heavy atom. The summed E-state index contributed by atoms with van der Waals surface area (Å²) in [6.07, 6.45) is 4.11. The number of urea groups is 1. The topological polar surface area (TPSA) is 123 Å². The monoisotopic (exact) mass is 405 g/mol. The van der Waals surface area contributed by atoms with Crippen LogP contribution >= 0.6 is 0 Å². The molecule has 2 rings (SSSR count). The molecular formula is C20H27N3O6. The number of carbonyl (C=O) groups excluding carboxylic acids is 4. The largest absolute Gasteiger partial charge is 0.497 e. The van der Waals surface area contributed by atoms with Gasteiger partial charge < -0.3 is 20.1 Å². The van der Waals surface area contributed by atoms with Crippen molar-refractivity contribution >= 4 is 23.8 Å². The summed E-state index contributed by atoms with van der Waals surface area (Å²) in [6, 6.07) is 5.79. The van der Waals surface area contributed by atoms with Crippen LogP contribution in [0.2, 0.25) is 0 Å². The average molecular weight is 405 g/mol. The van der Waals surface area contributed by atoms with Crippen molar-refractivity contribution in [2.24, 2.45) is 5.92 Å². The molecule has 0 spiro atoms. The molecule has 2 atom stereocenters. The molecule has 0 aromatic heterocycles. The Morgan fingerprint density at radius 3 is 2.41 bits per heavy atom. The predicted molar refractivity (Wildman–Crippen MR) is 104 cm³/mol. The Labute approximate surface area is 169 Å². The molecule has 1 aromatic rings. The lowest BCUT2D eigenvalue weighted by atomic mass is 9.86. The van der Waals surface area contributed by atoms with Crippen molar-refractivity contribution in [3.63, 3.8) is 0 Å². The summed E-state index contributed by atoms with van der Waals surface area (Å²) in [5, 5.41) is 7.31. The second-order valence-electron chi connectivity index (χ2n) is 6.96. The number of amides is 4. The number of esters is 1. The van der Waals surface area contributed by atoms with Crippen molar-refractivity contribution in [2.75, 3.05) is 20.3 Å². The zero-order valence-corrected chi connectivity index (χ0v) is 16.7. The Hall–Kier alpha value is -3.10. The van der Waals surface area contributed by atoms with Gasteiger partial charge in [0.1, 0.15) is 12.3 Å². The highest BCUT2D eigenvalue weighted by Crippen LogP contribution is 2.23. The molecule has 0 saturated heterocycles. The number of hydrogen-bond acceptors (Lipinski definition) is 6. The highest BCUT2D eigenvalue weighted by atomic mass is 16.5. The molecular weight excluding hydrogens is 378 g/mol. The summed E-state index contributed by atoms with van der Waals surface area (Å²) in [6.45, 7) is 1.06. The van der Waals surface area contributed by atoms with E-state index in [1.54, 1.807) is 24.3 Å². The molecule has 1 aliphatic rings. The van der Waals surface area contributed by atoms with E-state index in [0.29, 0.717) is 17.2 Å². The quantitative estimate of drug-likeness (QED) is 0.589. The maximum absolute atomic E-state index is 12.0. The van der Waals surface area contributed by atoms with Gasteiger partial charge in [-0.3, -0.25) is 19.7 Å². The number of benzene rings is 1. The zero-order chi connectivity index (χ0) is 21.2. The van der Waals surface area contributed by atoms with Crippen molar-refractivity contribution in [2.45, 2.75) is 38.6 Å². The lowest BCUT2D eigenvalue weighted by Crippen LogP contribution is -2.48. The third kappa shape index (κ3) is 7.44. The second-order valence-corrected chi connectivity index (χ2v) is 6.96. The number of hydrogen-bond donors (Lipinski definition) is 3. The van der Waals surface area contributed by atoms with Gasteiger partial charge in [-0.25, -0.2) is 4.79 Å². The first-order valence-electron chi connectivity index (χ1n) is 9.57. The van der Waals surface area contributed by atoms with Gasteiger partial charge in [0.2, 0.25) is 0 Å². The molecule has 0 radical (unpaired) electrons. The summed E-state index contributed by atoms with van der Waals surface area (Å²) in [5.74, 6) is -1.02. The third-order valence-corrected chi connectivity index (χ3v) is 4.79. The SMILES string of the molecule is COc1ccc(C(=O)NCC(=O)OCC(=O)NC(=O)N[C@H]2CCCC[C@@H]2C)cc1. The van der Waals surface area contributed by atoms with E-state index in [2.05, 4.69) is 22.9 Å².